The summed E-state index contributed by atoms with van der Waals surface area (Å²) in [7, 11) is 0. The number of alkyl halides is 3. The number of halogens is 3. The molecule has 1 aliphatic heterocycles. The van der Waals surface area contributed by atoms with E-state index in [-0.39, 0.29) is 17.9 Å². The summed E-state index contributed by atoms with van der Waals surface area (Å²) in [4.78, 5) is 15.6. The van der Waals surface area contributed by atoms with Gasteiger partial charge in [0.05, 0.1) is 50.9 Å². The third-order valence-electron chi connectivity index (χ3n) is 4.96. The van der Waals surface area contributed by atoms with Gasteiger partial charge in [-0.05, 0) is 18.2 Å². The summed E-state index contributed by atoms with van der Waals surface area (Å²) in [5.74, 6) is -0.302. The van der Waals surface area contributed by atoms with E-state index >= 15 is 0 Å². The lowest BCUT2D eigenvalue weighted by Gasteiger charge is -2.33. The normalized spacial score (nSPS) is 15.6. The van der Waals surface area contributed by atoms with Gasteiger partial charge in [0.1, 0.15) is 0 Å². The van der Waals surface area contributed by atoms with Gasteiger partial charge in [-0.25, -0.2) is 5.43 Å². The van der Waals surface area contributed by atoms with Gasteiger partial charge in [-0.15, -0.1) is 0 Å². The van der Waals surface area contributed by atoms with Gasteiger partial charge >= 0.3 is 6.18 Å². The Balaban J connectivity index is 1.42. The van der Waals surface area contributed by atoms with Crippen LogP contribution in [0.25, 0.3) is 0 Å². The summed E-state index contributed by atoms with van der Waals surface area (Å²) < 4.78 is 38.8. The monoisotopic (exact) mass is 405 g/mol. The van der Waals surface area contributed by atoms with E-state index < -0.39 is 11.7 Å². The Kier molecular flexibility index (Phi) is 6.87. The van der Waals surface area contributed by atoms with Crippen molar-refractivity contribution in [3.05, 3.63) is 65.7 Å². The summed E-state index contributed by atoms with van der Waals surface area (Å²) >= 11 is 0. The fourth-order valence-electron chi connectivity index (χ4n) is 3.36. The minimum absolute atomic E-state index is 0.0806. The Labute approximate surface area is 167 Å². The Bertz CT molecular complexity index is 831. The maximum Gasteiger partial charge on any atom is 0.417 e. The van der Waals surface area contributed by atoms with Gasteiger partial charge in [-0.3, -0.25) is 4.79 Å². The predicted molar refractivity (Wildman–Crippen MR) is 106 cm³/mol. The molecule has 5 nitrogen and oxygen atoms in total. The largest absolute Gasteiger partial charge is 0.417 e. The molecule has 2 aromatic carbocycles. The molecule has 1 saturated heterocycles. The quantitative estimate of drug-likeness (QED) is 0.570. The van der Waals surface area contributed by atoms with Crippen LogP contribution >= 0.6 is 0 Å². The van der Waals surface area contributed by atoms with Gasteiger partial charge in [0.25, 0.3) is 0 Å². The number of carbonyl (C=O) groups excluding carboxylic acids is 1. The lowest BCUT2D eigenvalue weighted by Crippen LogP contribution is -3.15. The number of amides is 1. The molecular formula is C21H24F3N4O+. The molecule has 0 saturated carbocycles. The van der Waals surface area contributed by atoms with E-state index in [1.165, 1.54) is 28.8 Å². The van der Waals surface area contributed by atoms with E-state index in [0.29, 0.717) is 6.54 Å². The van der Waals surface area contributed by atoms with Crippen LogP contribution in [0.5, 0.6) is 0 Å². The van der Waals surface area contributed by atoms with Crippen LogP contribution in [-0.4, -0.2) is 44.8 Å². The van der Waals surface area contributed by atoms with Crippen LogP contribution in [-0.2, 0) is 11.0 Å². The lowest BCUT2D eigenvalue weighted by molar-refractivity contribution is -0.900. The second-order valence-electron chi connectivity index (χ2n) is 6.95. The smallest absolute Gasteiger partial charge is 0.360 e. The average Bonchev–Trinajstić information content (AvgIpc) is 2.73. The SMILES string of the molecule is O=C(CC[NH+]1CCN(c2ccccc2)CC1)N/N=C\c1ccccc1C(F)(F)F. The van der Waals surface area contributed by atoms with Crippen molar-refractivity contribution in [3.63, 3.8) is 0 Å². The molecule has 0 spiro atoms. The number of para-hydroxylation sites is 1. The highest BCUT2D eigenvalue weighted by Gasteiger charge is 2.32. The molecule has 1 fully saturated rings. The maximum absolute atomic E-state index is 12.9. The van der Waals surface area contributed by atoms with Crippen molar-refractivity contribution >= 4 is 17.8 Å². The Morgan fingerprint density at radius 1 is 1.07 bits per heavy atom. The molecule has 3 rings (SSSR count). The predicted octanol–water partition coefficient (Wildman–Crippen LogP) is 1.95. The number of quaternary nitrogens is 1. The van der Waals surface area contributed by atoms with Crippen LogP contribution in [0.4, 0.5) is 18.9 Å². The number of rotatable bonds is 6. The van der Waals surface area contributed by atoms with E-state index in [4.69, 9.17) is 0 Å². The first kappa shape index (κ1) is 20.9. The van der Waals surface area contributed by atoms with E-state index in [0.717, 1.165) is 38.5 Å². The van der Waals surface area contributed by atoms with Gasteiger partial charge in [0, 0.05) is 11.3 Å². The molecule has 1 heterocycles. The summed E-state index contributed by atoms with van der Waals surface area (Å²) in [5.41, 5.74) is 2.67. The first-order chi connectivity index (χ1) is 13.9. The van der Waals surface area contributed by atoms with Crippen LogP contribution in [0.2, 0.25) is 0 Å². The molecule has 0 aliphatic carbocycles. The van der Waals surface area contributed by atoms with Crippen molar-refractivity contribution in [1.29, 1.82) is 0 Å². The minimum atomic E-state index is -4.46. The molecule has 0 radical (unpaired) electrons. The first-order valence-corrected chi connectivity index (χ1v) is 9.55. The number of hydrazone groups is 1. The highest BCUT2D eigenvalue weighted by Crippen LogP contribution is 2.31. The summed E-state index contributed by atoms with van der Waals surface area (Å²) in [6, 6.07) is 15.3. The molecular weight excluding hydrogens is 381 g/mol. The van der Waals surface area contributed by atoms with Crippen LogP contribution < -0.4 is 15.2 Å². The number of nitrogens with one attached hydrogen (secondary N) is 2. The second-order valence-corrected chi connectivity index (χ2v) is 6.95. The van der Waals surface area contributed by atoms with Crippen molar-refractivity contribution in [2.45, 2.75) is 12.6 Å². The zero-order valence-electron chi connectivity index (χ0n) is 16.0. The number of benzene rings is 2. The van der Waals surface area contributed by atoms with Crippen LogP contribution in [0.15, 0.2) is 59.7 Å². The molecule has 8 heteroatoms. The fourth-order valence-corrected chi connectivity index (χ4v) is 3.36. The van der Waals surface area contributed by atoms with Gasteiger partial charge < -0.3 is 9.80 Å². The van der Waals surface area contributed by atoms with E-state index in [2.05, 4.69) is 27.6 Å². The standard InChI is InChI=1S/C21H23F3N4O/c22-21(23,24)19-9-5-4-6-17(19)16-25-26-20(29)10-11-27-12-14-28(15-13-27)18-7-2-1-3-8-18/h1-9,16H,10-15H2,(H,26,29)/p+1/b25-16-. The minimum Gasteiger partial charge on any atom is -0.360 e. The van der Waals surface area contributed by atoms with E-state index in [1.807, 2.05) is 18.2 Å². The highest BCUT2D eigenvalue weighted by molar-refractivity contribution is 5.84. The van der Waals surface area contributed by atoms with Crippen molar-refractivity contribution in [1.82, 2.24) is 5.43 Å². The van der Waals surface area contributed by atoms with Crippen LogP contribution in [0, 0.1) is 0 Å². The van der Waals surface area contributed by atoms with E-state index in [1.54, 1.807) is 0 Å². The second kappa shape index (κ2) is 9.56. The first-order valence-electron chi connectivity index (χ1n) is 9.55. The van der Waals surface area contributed by atoms with Gasteiger partial charge in [-0.2, -0.15) is 18.3 Å². The number of carbonyl (C=O) groups is 1. The average molecular weight is 405 g/mol. The summed E-state index contributed by atoms with van der Waals surface area (Å²) in [6.45, 7) is 4.39. The van der Waals surface area contributed by atoms with Crippen LogP contribution in [0.3, 0.4) is 0 Å². The van der Waals surface area contributed by atoms with Gasteiger partial charge in [0.15, 0.2) is 0 Å². The van der Waals surface area contributed by atoms with Gasteiger partial charge in [0.2, 0.25) is 5.91 Å². The molecule has 1 amide bonds. The molecule has 29 heavy (non-hydrogen) atoms. The molecule has 2 N–H and O–H groups in total. The lowest BCUT2D eigenvalue weighted by atomic mass is 10.1. The highest BCUT2D eigenvalue weighted by atomic mass is 19.4. The fraction of sp³-hybridized carbons (Fsp3) is 0.333. The molecule has 2 aromatic rings. The van der Waals surface area contributed by atoms with Crippen molar-refractivity contribution in [3.8, 4) is 0 Å². The molecule has 0 aromatic heterocycles. The topological polar surface area (TPSA) is 49.1 Å². The zero-order chi connectivity index (χ0) is 20.7. The van der Waals surface area contributed by atoms with Crippen molar-refractivity contribution in [2.75, 3.05) is 37.6 Å². The Morgan fingerprint density at radius 2 is 1.72 bits per heavy atom. The number of nitrogens with zero attached hydrogens (tertiary/aromatic N) is 2. The number of piperazine rings is 1. The number of anilines is 1. The van der Waals surface area contributed by atoms with Crippen LogP contribution in [0.1, 0.15) is 17.5 Å². The summed E-state index contributed by atoms with van der Waals surface area (Å²) in [5, 5.41) is 3.69. The maximum atomic E-state index is 12.9. The molecule has 0 bridgehead atoms. The van der Waals surface area contributed by atoms with Crippen molar-refractivity contribution in [2.24, 2.45) is 5.10 Å². The third-order valence-corrected chi connectivity index (χ3v) is 4.96. The van der Waals surface area contributed by atoms with E-state index in [9.17, 15) is 18.0 Å². The van der Waals surface area contributed by atoms with Crippen molar-refractivity contribution < 1.29 is 22.9 Å². The molecule has 0 atom stereocenters. The number of hydrogen-bond acceptors (Lipinski definition) is 3. The molecule has 154 valence electrons. The summed E-state index contributed by atoms with van der Waals surface area (Å²) in [6.07, 6.45) is -3.15. The zero-order valence-corrected chi connectivity index (χ0v) is 16.0. The Morgan fingerprint density at radius 3 is 2.41 bits per heavy atom. The Hall–Kier alpha value is -2.87. The third kappa shape index (κ3) is 6.05. The molecule has 0 unspecified atom stereocenters. The molecule has 1 aliphatic rings. The van der Waals surface area contributed by atoms with Gasteiger partial charge in [-0.1, -0.05) is 36.4 Å². The number of hydrogen-bond donors (Lipinski definition) is 2.